The van der Waals surface area contributed by atoms with Gasteiger partial charge in [-0.3, -0.25) is 0 Å². The molecular formula is C14H18IN. The topological polar surface area (TPSA) is 12.0 Å². The van der Waals surface area contributed by atoms with Crippen LogP contribution < -0.4 is 5.32 Å². The smallest absolute Gasteiger partial charge is 0.0475 e. The van der Waals surface area contributed by atoms with Crippen LogP contribution in [0.5, 0.6) is 0 Å². The summed E-state index contributed by atoms with van der Waals surface area (Å²) in [5.41, 5.74) is 4.34. The van der Waals surface area contributed by atoms with Gasteiger partial charge in [-0.15, -0.1) is 5.73 Å². The van der Waals surface area contributed by atoms with E-state index in [2.05, 4.69) is 64.0 Å². The molecule has 0 amide bonds. The highest BCUT2D eigenvalue weighted by Gasteiger charge is 1.95. The van der Waals surface area contributed by atoms with Crippen LogP contribution in [-0.2, 0) is 0 Å². The Hall–Kier alpha value is -0.730. The van der Waals surface area contributed by atoms with Crippen molar-refractivity contribution in [2.24, 2.45) is 0 Å². The fraction of sp³-hybridized carbons (Fsp3) is 0.357. The molecule has 1 rings (SSSR count). The molecule has 0 aliphatic heterocycles. The fourth-order valence-corrected chi connectivity index (χ4v) is 1.98. The molecule has 1 aromatic rings. The first-order valence-electron chi connectivity index (χ1n) is 5.68. The normalized spacial score (nSPS) is 9.38. The Labute approximate surface area is 112 Å². The lowest BCUT2D eigenvalue weighted by atomic mass is 10.2. The molecule has 1 N–H and O–H groups in total. The van der Waals surface area contributed by atoms with Gasteiger partial charge in [0.15, 0.2) is 0 Å². The van der Waals surface area contributed by atoms with Gasteiger partial charge in [-0.2, -0.15) is 0 Å². The molecule has 0 atom stereocenters. The van der Waals surface area contributed by atoms with Crippen molar-refractivity contribution in [2.45, 2.75) is 26.2 Å². The summed E-state index contributed by atoms with van der Waals surface area (Å²) in [6.45, 7) is 3.04. The molecule has 0 spiro atoms. The monoisotopic (exact) mass is 327 g/mol. The summed E-state index contributed by atoms with van der Waals surface area (Å²) >= 11 is 2.36. The van der Waals surface area contributed by atoms with Gasteiger partial charge in [0.05, 0.1) is 0 Å². The fourth-order valence-electron chi connectivity index (χ4n) is 1.40. The molecule has 0 aromatic heterocycles. The second kappa shape index (κ2) is 8.43. The van der Waals surface area contributed by atoms with Crippen molar-refractivity contribution in [2.75, 3.05) is 11.9 Å². The van der Waals surface area contributed by atoms with Gasteiger partial charge >= 0.3 is 0 Å². The third-order valence-corrected chi connectivity index (χ3v) is 3.19. The molecule has 0 unspecified atom stereocenters. The number of benzene rings is 1. The van der Waals surface area contributed by atoms with E-state index in [1.807, 2.05) is 13.0 Å². The predicted molar refractivity (Wildman–Crippen MR) is 79.8 cm³/mol. The molecule has 2 heteroatoms. The second-order valence-electron chi connectivity index (χ2n) is 3.56. The second-order valence-corrected chi connectivity index (χ2v) is 4.72. The summed E-state index contributed by atoms with van der Waals surface area (Å²) in [5, 5.41) is 3.45. The van der Waals surface area contributed by atoms with E-state index in [9.17, 15) is 0 Å². The highest BCUT2D eigenvalue weighted by atomic mass is 127. The average Bonchev–Trinajstić information content (AvgIpc) is 2.30. The van der Waals surface area contributed by atoms with E-state index in [4.69, 9.17) is 0 Å². The lowest BCUT2D eigenvalue weighted by Gasteiger charge is -2.07. The number of anilines is 1. The van der Waals surface area contributed by atoms with E-state index in [1.54, 1.807) is 0 Å². The number of halogens is 1. The van der Waals surface area contributed by atoms with E-state index < -0.39 is 0 Å². The van der Waals surface area contributed by atoms with Crippen molar-refractivity contribution in [3.8, 4) is 0 Å². The zero-order valence-corrected chi connectivity index (χ0v) is 11.8. The van der Waals surface area contributed by atoms with Crippen LogP contribution in [0, 0.1) is 3.57 Å². The first kappa shape index (κ1) is 13.3. The highest BCUT2D eigenvalue weighted by molar-refractivity contribution is 14.1. The van der Waals surface area contributed by atoms with Gasteiger partial charge in [0, 0.05) is 15.8 Å². The van der Waals surface area contributed by atoms with Crippen molar-refractivity contribution in [3.63, 3.8) is 0 Å². The number of hydrogen-bond donors (Lipinski definition) is 1. The van der Waals surface area contributed by atoms with E-state index in [1.165, 1.54) is 22.1 Å². The Kier molecular flexibility index (Phi) is 7.02. The molecule has 0 bridgehead atoms. The third-order valence-electron chi connectivity index (χ3n) is 2.25. The minimum atomic E-state index is 1.05. The molecule has 0 aliphatic carbocycles. The molecule has 0 radical (unpaired) electrons. The van der Waals surface area contributed by atoms with Crippen LogP contribution in [0.1, 0.15) is 26.2 Å². The van der Waals surface area contributed by atoms with Crippen molar-refractivity contribution < 1.29 is 0 Å². The summed E-state index contributed by atoms with van der Waals surface area (Å²) in [6, 6.07) is 8.38. The number of unbranched alkanes of at least 4 members (excludes halogenated alkanes) is 2. The van der Waals surface area contributed by atoms with Gasteiger partial charge in [-0.1, -0.05) is 12.1 Å². The van der Waals surface area contributed by atoms with E-state index in [-0.39, 0.29) is 0 Å². The summed E-state index contributed by atoms with van der Waals surface area (Å²) in [4.78, 5) is 0. The molecular weight excluding hydrogens is 309 g/mol. The van der Waals surface area contributed by atoms with E-state index >= 15 is 0 Å². The molecule has 0 fully saturated rings. The zero-order chi connectivity index (χ0) is 11.6. The first-order valence-corrected chi connectivity index (χ1v) is 6.76. The summed E-state index contributed by atoms with van der Waals surface area (Å²) in [7, 11) is 0. The Morgan fingerprint density at radius 2 is 2.12 bits per heavy atom. The van der Waals surface area contributed by atoms with Crippen molar-refractivity contribution >= 4 is 28.3 Å². The number of rotatable bonds is 6. The standard InChI is InChI=1S/C14H18IN/c1-2-3-4-5-6-9-12-16-14-11-8-7-10-13(14)15/h2,4,7-8,10-11,16H,5-6,9,12H2,1H3. The lowest BCUT2D eigenvalue weighted by molar-refractivity contribution is 0.779. The van der Waals surface area contributed by atoms with Crippen LogP contribution in [0.4, 0.5) is 5.69 Å². The molecule has 0 saturated heterocycles. The lowest BCUT2D eigenvalue weighted by Crippen LogP contribution is -2.02. The largest absolute Gasteiger partial charge is 0.384 e. The molecule has 0 saturated carbocycles. The van der Waals surface area contributed by atoms with Crippen LogP contribution in [0.2, 0.25) is 0 Å². The van der Waals surface area contributed by atoms with Crippen LogP contribution in [0.15, 0.2) is 42.1 Å². The van der Waals surface area contributed by atoms with Crippen molar-refractivity contribution in [1.82, 2.24) is 0 Å². The molecule has 0 aliphatic rings. The summed E-state index contributed by atoms with van der Waals surface area (Å²) < 4.78 is 1.29. The Balaban J connectivity index is 2.16. The number of allylic oxidation sites excluding steroid dienone is 1. The number of hydrogen-bond acceptors (Lipinski definition) is 1. The Bertz CT molecular complexity index is 365. The van der Waals surface area contributed by atoms with Crippen LogP contribution >= 0.6 is 22.6 Å². The van der Waals surface area contributed by atoms with Gasteiger partial charge < -0.3 is 5.32 Å². The van der Waals surface area contributed by atoms with Gasteiger partial charge in [0.25, 0.3) is 0 Å². The highest BCUT2D eigenvalue weighted by Crippen LogP contribution is 2.16. The summed E-state index contributed by atoms with van der Waals surface area (Å²) in [6.07, 6.45) is 7.60. The zero-order valence-electron chi connectivity index (χ0n) is 9.67. The quantitative estimate of drug-likeness (QED) is 0.457. The van der Waals surface area contributed by atoms with Gasteiger partial charge in [0.2, 0.25) is 0 Å². The number of para-hydroxylation sites is 1. The van der Waals surface area contributed by atoms with E-state index in [0.717, 1.165) is 13.0 Å². The average molecular weight is 327 g/mol. The maximum Gasteiger partial charge on any atom is 0.0475 e. The molecule has 16 heavy (non-hydrogen) atoms. The Morgan fingerprint density at radius 3 is 2.88 bits per heavy atom. The number of nitrogens with one attached hydrogen (secondary N) is 1. The SMILES string of the molecule is CC=C=CCCCCNc1ccccc1I. The van der Waals surface area contributed by atoms with E-state index in [0.29, 0.717) is 0 Å². The minimum Gasteiger partial charge on any atom is -0.384 e. The maximum absolute atomic E-state index is 3.45. The first-order chi connectivity index (χ1) is 7.84. The van der Waals surface area contributed by atoms with Gasteiger partial charge in [0.1, 0.15) is 0 Å². The van der Waals surface area contributed by atoms with Crippen LogP contribution in [0.3, 0.4) is 0 Å². The molecule has 1 aromatic carbocycles. The maximum atomic E-state index is 3.45. The molecule has 86 valence electrons. The Morgan fingerprint density at radius 1 is 1.31 bits per heavy atom. The van der Waals surface area contributed by atoms with Gasteiger partial charge in [-0.25, -0.2) is 0 Å². The minimum absolute atomic E-state index is 1.05. The van der Waals surface area contributed by atoms with Crippen LogP contribution in [-0.4, -0.2) is 6.54 Å². The molecule has 0 heterocycles. The molecule has 1 nitrogen and oxygen atoms in total. The summed E-state index contributed by atoms with van der Waals surface area (Å²) in [5.74, 6) is 0. The third kappa shape index (κ3) is 5.38. The van der Waals surface area contributed by atoms with Gasteiger partial charge in [-0.05, 0) is 73.1 Å². The van der Waals surface area contributed by atoms with Crippen LogP contribution in [0.25, 0.3) is 0 Å². The van der Waals surface area contributed by atoms with Crippen molar-refractivity contribution in [3.05, 3.63) is 45.7 Å². The van der Waals surface area contributed by atoms with Crippen molar-refractivity contribution in [1.29, 1.82) is 0 Å². The predicted octanol–water partition coefficient (Wildman–Crippen LogP) is 4.60.